The second-order valence-corrected chi connectivity index (χ2v) is 23.8. The van der Waals surface area contributed by atoms with Gasteiger partial charge in [-0.2, -0.15) is 0 Å². The maximum absolute atomic E-state index is 12.9. The van der Waals surface area contributed by atoms with Crippen molar-refractivity contribution in [3.63, 3.8) is 0 Å². The van der Waals surface area contributed by atoms with Gasteiger partial charge in [-0.3, -0.25) is 14.4 Å². The lowest BCUT2D eigenvalue weighted by Crippen LogP contribution is -2.30. The molecule has 0 amide bonds. The zero-order valence-electron chi connectivity index (χ0n) is 54.1. The fourth-order valence-electron chi connectivity index (χ4n) is 10.3. The molecule has 6 nitrogen and oxygen atoms in total. The third-order valence-electron chi connectivity index (χ3n) is 15.7. The molecule has 0 heterocycles. The molecule has 0 spiro atoms. The van der Waals surface area contributed by atoms with Crippen LogP contribution in [0.15, 0.2) is 72.9 Å². The lowest BCUT2D eigenvalue weighted by molar-refractivity contribution is -0.167. The first-order chi connectivity index (χ1) is 40.0. The number of hydrogen-bond acceptors (Lipinski definition) is 6. The minimum absolute atomic E-state index is 0.0784. The second kappa shape index (κ2) is 69.3. The van der Waals surface area contributed by atoms with Gasteiger partial charge in [-0.25, -0.2) is 0 Å². The molecule has 0 radical (unpaired) electrons. The first kappa shape index (κ1) is 77.9. The Kier molecular flexibility index (Phi) is 66.6. The maximum Gasteiger partial charge on any atom is 0.306 e. The Bertz CT molecular complexity index is 1490. The molecular weight excluding hydrogens is 997 g/mol. The molecular formula is C75H134O6. The van der Waals surface area contributed by atoms with Gasteiger partial charge in [0, 0.05) is 19.3 Å². The van der Waals surface area contributed by atoms with E-state index < -0.39 is 6.10 Å². The highest BCUT2D eigenvalue weighted by Crippen LogP contribution is 2.17. The Balaban J connectivity index is 4.22. The third-order valence-corrected chi connectivity index (χ3v) is 15.7. The predicted molar refractivity (Wildman–Crippen MR) is 353 cm³/mol. The number of hydrogen-bond donors (Lipinski definition) is 0. The molecule has 0 N–H and O–H groups in total. The normalized spacial score (nSPS) is 12.5. The van der Waals surface area contributed by atoms with Crippen molar-refractivity contribution in [1.82, 2.24) is 0 Å². The molecule has 0 saturated heterocycles. The van der Waals surface area contributed by atoms with E-state index in [2.05, 4.69) is 93.7 Å². The van der Waals surface area contributed by atoms with Crippen LogP contribution in [0.25, 0.3) is 0 Å². The predicted octanol–water partition coefficient (Wildman–Crippen LogP) is 24.4. The highest BCUT2D eigenvalue weighted by molar-refractivity contribution is 5.71. The van der Waals surface area contributed by atoms with E-state index in [0.717, 1.165) is 89.9 Å². The van der Waals surface area contributed by atoms with Crippen molar-refractivity contribution >= 4 is 17.9 Å². The molecule has 81 heavy (non-hydrogen) atoms. The minimum atomic E-state index is -0.783. The van der Waals surface area contributed by atoms with Gasteiger partial charge in [0.05, 0.1) is 0 Å². The first-order valence-electron chi connectivity index (χ1n) is 35.4. The van der Waals surface area contributed by atoms with Crippen LogP contribution >= 0.6 is 0 Å². The summed E-state index contributed by atoms with van der Waals surface area (Å²) in [6, 6.07) is 0. The van der Waals surface area contributed by atoms with E-state index in [1.807, 2.05) is 0 Å². The summed E-state index contributed by atoms with van der Waals surface area (Å²) in [7, 11) is 0. The standard InChI is InChI=1S/C75H134O6/c1-4-7-10-13-16-19-22-25-28-30-31-32-33-34-35-36-37-38-39-40-41-42-43-45-47-50-53-56-59-62-65-68-74(77)80-71-72(70-79-73(76)67-64-61-58-55-52-49-46-27-24-21-18-15-12-9-6-3)81-75(78)69-66-63-60-57-54-51-48-44-29-26-23-20-17-14-11-8-5-2/h17,20,22,25-27,29-31,33-34,46,72H,4-16,18-19,21,23-24,28,32,35-45,47-71H2,1-3H3/b20-17-,25-22-,29-26-,31-30-,34-33-,46-27-. The van der Waals surface area contributed by atoms with Gasteiger partial charge in [0.25, 0.3) is 0 Å². The average Bonchev–Trinajstić information content (AvgIpc) is 3.47. The number of carbonyl (C=O) groups is 3. The zero-order chi connectivity index (χ0) is 58.5. The van der Waals surface area contributed by atoms with Crippen LogP contribution in [0.1, 0.15) is 367 Å². The second-order valence-electron chi connectivity index (χ2n) is 23.8. The Labute approximate surface area is 503 Å². The molecule has 0 saturated carbocycles. The molecule has 0 aromatic carbocycles. The SMILES string of the molecule is CCCCC/C=C\C/C=C\CCCCCCCCCC(=O)OC(COC(=O)CCCCCCC/C=C\CCCCCCCC)COC(=O)CCCCCCCCCCCCCCCCCC/C=C\C/C=C\C/C=C\CCCCCCC. The summed E-state index contributed by atoms with van der Waals surface area (Å²) in [5, 5.41) is 0. The molecule has 1 atom stereocenters. The van der Waals surface area contributed by atoms with E-state index in [9.17, 15) is 14.4 Å². The van der Waals surface area contributed by atoms with Gasteiger partial charge in [0.2, 0.25) is 0 Å². The molecule has 0 aromatic rings. The molecule has 0 aromatic heterocycles. The molecule has 0 rings (SSSR count). The van der Waals surface area contributed by atoms with E-state index in [0.29, 0.717) is 19.3 Å². The van der Waals surface area contributed by atoms with E-state index in [-0.39, 0.29) is 31.1 Å². The number of esters is 3. The van der Waals surface area contributed by atoms with Crippen LogP contribution in [-0.2, 0) is 28.6 Å². The number of allylic oxidation sites excluding steroid dienone is 12. The average molecular weight is 1130 g/mol. The van der Waals surface area contributed by atoms with Gasteiger partial charge in [0.15, 0.2) is 6.10 Å². The summed E-state index contributed by atoms with van der Waals surface area (Å²) in [5.41, 5.74) is 0. The summed E-state index contributed by atoms with van der Waals surface area (Å²) in [5.74, 6) is -0.876. The van der Waals surface area contributed by atoms with Crippen molar-refractivity contribution < 1.29 is 28.6 Å². The molecule has 0 fully saturated rings. The first-order valence-corrected chi connectivity index (χ1v) is 35.4. The number of unbranched alkanes of at least 4 members (excludes halogenated alkanes) is 42. The third kappa shape index (κ3) is 67.5. The number of carbonyl (C=O) groups excluding carboxylic acids is 3. The van der Waals surface area contributed by atoms with Crippen LogP contribution in [0.5, 0.6) is 0 Å². The van der Waals surface area contributed by atoms with Gasteiger partial charge in [-0.15, -0.1) is 0 Å². The van der Waals surface area contributed by atoms with Gasteiger partial charge in [-0.05, 0) is 116 Å². The smallest absolute Gasteiger partial charge is 0.306 e. The lowest BCUT2D eigenvalue weighted by atomic mass is 10.0. The van der Waals surface area contributed by atoms with Crippen LogP contribution in [-0.4, -0.2) is 37.2 Å². The largest absolute Gasteiger partial charge is 0.462 e. The highest BCUT2D eigenvalue weighted by atomic mass is 16.6. The molecule has 470 valence electrons. The van der Waals surface area contributed by atoms with Gasteiger partial charge in [-0.1, -0.05) is 306 Å². The van der Waals surface area contributed by atoms with Crippen LogP contribution in [0.3, 0.4) is 0 Å². The molecule has 0 aliphatic rings. The summed E-state index contributed by atoms with van der Waals surface area (Å²) in [6.07, 6.45) is 90.7. The summed E-state index contributed by atoms with van der Waals surface area (Å²) >= 11 is 0. The number of ether oxygens (including phenoxy) is 3. The topological polar surface area (TPSA) is 78.9 Å². The molecule has 1 unspecified atom stereocenters. The van der Waals surface area contributed by atoms with E-state index in [4.69, 9.17) is 14.2 Å². The summed E-state index contributed by atoms with van der Waals surface area (Å²) in [4.78, 5) is 38.4. The fourth-order valence-corrected chi connectivity index (χ4v) is 10.3. The summed E-state index contributed by atoms with van der Waals surface area (Å²) < 4.78 is 17.0. The Hall–Kier alpha value is -3.15. The maximum atomic E-state index is 12.9. The quantitative estimate of drug-likeness (QED) is 0.0261. The molecule has 0 aliphatic heterocycles. The van der Waals surface area contributed by atoms with E-state index >= 15 is 0 Å². The van der Waals surface area contributed by atoms with Crippen molar-refractivity contribution in [2.24, 2.45) is 0 Å². The molecule has 6 heteroatoms. The summed E-state index contributed by atoms with van der Waals surface area (Å²) in [6.45, 7) is 6.63. The number of rotatable bonds is 65. The van der Waals surface area contributed by atoms with Crippen molar-refractivity contribution in [1.29, 1.82) is 0 Å². The van der Waals surface area contributed by atoms with Gasteiger partial charge < -0.3 is 14.2 Å². The van der Waals surface area contributed by atoms with Gasteiger partial charge >= 0.3 is 17.9 Å². The minimum Gasteiger partial charge on any atom is -0.462 e. The van der Waals surface area contributed by atoms with E-state index in [1.54, 1.807) is 0 Å². The van der Waals surface area contributed by atoms with Crippen molar-refractivity contribution in [2.45, 2.75) is 374 Å². The van der Waals surface area contributed by atoms with Crippen LogP contribution in [0.4, 0.5) is 0 Å². The van der Waals surface area contributed by atoms with Crippen LogP contribution < -0.4 is 0 Å². The van der Waals surface area contributed by atoms with Crippen LogP contribution in [0.2, 0.25) is 0 Å². The van der Waals surface area contributed by atoms with E-state index in [1.165, 1.54) is 238 Å². The Morgan fingerprint density at radius 1 is 0.247 bits per heavy atom. The molecule has 0 aliphatic carbocycles. The molecule has 0 bridgehead atoms. The van der Waals surface area contributed by atoms with Gasteiger partial charge in [0.1, 0.15) is 13.2 Å². The Morgan fingerprint density at radius 2 is 0.444 bits per heavy atom. The van der Waals surface area contributed by atoms with Crippen molar-refractivity contribution in [2.75, 3.05) is 13.2 Å². The fraction of sp³-hybridized carbons (Fsp3) is 0.800. The van der Waals surface area contributed by atoms with Crippen molar-refractivity contribution in [3.05, 3.63) is 72.9 Å². The zero-order valence-corrected chi connectivity index (χ0v) is 54.1. The lowest BCUT2D eigenvalue weighted by Gasteiger charge is -2.18. The Morgan fingerprint density at radius 3 is 0.728 bits per heavy atom. The van der Waals surface area contributed by atoms with Crippen molar-refractivity contribution in [3.8, 4) is 0 Å². The van der Waals surface area contributed by atoms with Crippen LogP contribution in [0, 0.1) is 0 Å². The highest BCUT2D eigenvalue weighted by Gasteiger charge is 2.19. The monoisotopic (exact) mass is 1130 g/mol.